The number of hydrogen-bond acceptors (Lipinski definition) is 3. The molecule has 5 heteroatoms. The Labute approximate surface area is 82.0 Å². The fourth-order valence-corrected chi connectivity index (χ4v) is 0.537. The summed E-state index contributed by atoms with van der Waals surface area (Å²) in [5.74, 6) is -0.417. The lowest BCUT2D eigenvalue weighted by Crippen LogP contribution is -2.04. The second kappa shape index (κ2) is 6.37. The molecule has 0 saturated carbocycles. The summed E-state index contributed by atoms with van der Waals surface area (Å²) >= 11 is 5.42. The Morgan fingerprint density at radius 1 is 1.69 bits per heavy atom. The SMILES string of the molecule is C=NC(Cl)=N/C=C(\C)C(=O)OCC. The maximum atomic E-state index is 11.0. The molecule has 0 fully saturated rings. The van der Waals surface area contributed by atoms with E-state index in [1.807, 2.05) is 0 Å². The van der Waals surface area contributed by atoms with Crippen molar-refractivity contribution >= 4 is 29.6 Å². The molecule has 0 aliphatic rings. The number of aliphatic imine (C=N–C) groups is 2. The van der Waals surface area contributed by atoms with Crippen molar-refractivity contribution in [1.29, 1.82) is 0 Å². The summed E-state index contributed by atoms with van der Waals surface area (Å²) in [6.45, 7) is 6.80. The molecule has 0 heterocycles. The summed E-state index contributed by atoms with van der Waals surface area (Å²) in [7, 11) is 0. The number of nitrogens with zero attached hydrogens (tertiary/aromatic N) is 2. The second-order valence-corrected chi connectivity index (χ2v) is 2.43. The zero-order chi connectivity index (χ0) is 10.3. The van der Waals surface area contributed by atoms with E-state index < -0.39 is 5.97 Å². The minimum atomic E-state index is -0.417. The smallest absolute Gasteiger partial charge is 0.335 e. The predicted octanol–water partition coefficient (Wildman–Crippen LogP) is 1.75. The number of halogens is 1. The highest BCUT2D eigenvalue weighted by molar-refractivity contribution is 6.65. The molecule has 72 valence electrons. The lowest BCUT2D eigenvalue weighted by Gasteiger charge is -1.98. The molecule has 0 rings (SSSR count). The highest BCUT2D eigenvalue weighted by Gasteiger charge is 2.02. The number of amidine groups is 1. The van der Waals surface area contributed by atoms with Gasteiger partial charge < -0.3 is 4.74 Å². The third-order valence-corrected chi connectivity index (χ3v) is 1.31. The van der Waals surface area contributed by atoms with Gasteiger partial charge in [0.2, 0.25) is 5.29 Å². The van der Waals surface area contributed by atoms with Gasteiger partial charge in [-0.3, -0.25) is 0 Å². The van der Waals surface area contributed by atoms with E-state index >= 15 is 0 Å². The first-order chi connectivity index (χ1) is 6.11. The molecule has 0 unspecified atom stereocenters. The van der Waals surface area contributed by atoms with Crippen LogP contribution in [0.1, 0.15) is 13.8 Å². The Kier molecular flexibility index (Phi) is 5.80. The van der Waals surface area contributed by atoms with Crippen LogP contribution in [-0.2, 0) is 9.53 Å². The van der Waals surface area contributed by atoms with Crippen LogP contribution in [0.2, 0.25) is 0 Å². The summed E-state index contributed by atoms with van der Waals surface area (Å²) in [5.41, 5.74) is 0.364. The topological polar surface area (TPSA) is 51.0 Å². The predicted molar refractivity (Wildman–Crippen MR) is 53.2 cm³/mol. The van der Waals surface area contributed by atoms with Crippen molar-refractivity contribution in [3.8, 4) is 0 Å². The molecular formula is C8H11ClN2O2. The number of carbonyl (C=O) groups is 1. The average Bonchev–Trinajstić information content (AvgIpc) is 2.13. The van der Waals surface area contributed by atoms with E-state index in [-0.39, 0.29) is 5.29 Å². The molecule has 0 spiro atoms. The molecule has 0 aliphatic heterocycles. The van der Waals surface area contributed by atoms with E-state index in [4.69, 9.17) is 16.3 Å². The molecule has 0 radical (unpaired) electrons. The Morgan fingerprint density at radius 3 is 2.77 bits per heavy atom. The minimum absolute atomic E-state index is 0.0105. The van der Waals surface area contributed by atoms with E-state index in [0.717, 1.165) is 0 Å². The van der Waals surface area contributed by atoms with Gasteiger partial charge in [-0.25, -0.2) is 14.8 Å². The van der Waals surface area contributed by atoms with Gasteiger partial charge in [0.15, 0.2) is 0 Å². The van der Waals surface area contributed by atoms with Gasteiger partial charge in [0.05, 0.1) is 12.2 Å². The molecule has 13 heavy (non-hydrogen) atoms. The van der Waals surface area contributed by atoms with Crippen molar-refractivity contribution in [2.75, 3.05) is 6.61 Å². The molecule has 4 nitrogen and oxygen atoms in total. The fourth-order valence-electron chi connectivity index (χ4n) is 0.489. The molecule has 0 aromatic heterocycles. The van der Waals surface area contributed by atoms with Gasteiger partial charge in [-0.1, -0.05) is 0 Å². The van der Waals surface area contributed by atoms with Crippen LogP contribution in [0.25, 0.3) is 0 Å². The van der Waals surface area contributed by atoms with Crippen molar-refractivity contribution in [2.24, 2.45) is 9.98 Å². The monoisotopic (exact) mass is 202 g/mol. The number of esters is 1. The van der Waals surface area contributed by atoms with Gasteiger partial charge in [0.1, 0.15) is 0 Å². The van der Waals surface area contributed by atoms with E-state index in [1.54, 1.807) is 13.8 Å². The fraction of sp³-hybridized carbons (Fsp3) is 0.375. The van der Waals surface area contributed by atoms with Gasteiger partial charge in [-0.2, -0.15) is 0 Å². The summed E-state index contributed by atoms with van der Waals surface area (Å²) in [6, 6.07) is 0. The van der Waals surface area contributed by atoms with Crippen molar-refractivity contribution in [3.63, 3.8) is 0 Å². The average molecular weight is 203 g/mol. The van der Waals surface area contributed by atoms with Crippen molar-refractivity contribution in [2.45, 2.75) is 13.8 Å². The molecule has 0 N–H and O–H groups in total. The van der Waals surface area contributed by atoms with Gasteiger partial charge in [0.25, 0.3) is 0 Å². The first-order valence-electron chi connectivity index (χ1n) is 3.65. The third kappa shape index (κ3) is 5.14. The van der Waals surface area contributed by atoms with E-state index in [0.29, 0.717) is 12.2 Å². The van der Waals surface area contributed by atoms with Crippen LogP contribution in [0.5, 0.6) is 0 Å². The molecule has 0 saturated heterocycles. The molecule has 0 aromatic carbocycles. The van der Waals surface area contributed by atoms with Crippen LogP contribution >= 0.6 is 11.6 Å². The summed E-state index contributed by atoms with van der Waals surface area (Å²) in [6.07, 6.45) is 1.29. The van der Waals surface area contributed by atoms with Crippen LogP contribution in [0.4, 0.5) is 0 Å². The van der Waals surface area contributed by atoms with E-state index in [1.165, 1.54) is 6.20 Å². The number of rotatable bonds is 3. The van der Waals surface area contributed by atoms with Gasteiger partial charge in [-0.05, 0) is 32.2 Å². The van der Waals surface area contributed by atoms with Crippen molar-refractivity contribution in [3.05, 3.63) is 11.8 Å². The Hall–Kier alpha value is -1.16. The molecule has 0 atom stereocenters. The van der Waals surface area contributed by atoms with Crippen molar-refractivity contribution < 1.29 is 9.53 Å². The van der Waals surface area contributed by atoms with Crippen LogP contribution in [0.15, 0.2) is 21.8 Å². The maximum absolute atomic E-state index is 11.0. The Morgan fingerprint density at radius 2 is 2.31 bits per heavy atom. The van der Waals surface area contributed by atoms with Crippen LogP contribution in [-0.4, -0.2) is 24.6 Å². The molecular weight excluding hydrogens is 192 g/mol. The van der Waals surface area contributed by atoms with Gasteiger partial charge >= 0.3 is 5.97 Å². The first-order valence-corrected chi connectivity index (χ1v) is 4.03. The molecule has 0 aromatic rings. The summed E-state index contributed by atoms with van der Waals surface area (Å²) in [4.78, 5) is 18.0. The number of hydrogen-bond donors (Lipinski definition) is 0. The zero-order valence-electron chi connectivity index (χ0n) is 7.58. The minimum Gasteiger partial charge on any atom is -0.463 e. The quantitative estimate of drug-likeness (QED) is 0.230. The van der Waals surface area contributed by atoms with Crippen LogP contribution in [0, 0.1) is 0 Å². The first kappa shape index (κ1) is 11.8. The zero-order valence-corrected chi connectivity index (χ0v) is 8.34. The molecule has 0 bridgehead atoms. The standard InChI is InChI=1S/C8H11ClN2O2/c1-4-13-7(12)6(2)5-11-8(9)10-3/h5H,3-4H2,1-2H3/b6-5+,11-8?. The van der Waals surface area contributed by atoms with Gasteiger partial charge in [0, 0.05) is 6.20 Å². The van der Waals surface area contributed by atoms with Crippen LogP contribution in [0.3, 0.4) is 0 Å². The highest BCUT2D eigenvalue weighted by atomic mass is 35.5. The van der Waals surface area contributed by atoms with E-state index in [2.05, 4.69) is 16.7 Å². The van der Waals surface area contributed by atoms with E-state index in [9.17, 15) is 4.79 Å². The highest BCUT2D eigenvalue weighted by Crippen LogP contribution is 1.98. The maximum Gasteiger partial charge on any atom is 0.335 e. The number of ether oxygens (including phenoxy) is 1. The number of carbonyl (C=O) groups excluding carboxylic acids is 1. The lowest BCUT2D eigenvalue weighted by molar-refractivity contribution is -0.138. The summed E-state index contributed by atoms with van der Waals surface area (Å²) < 4.78 is 4.70. The summed E-state index contributed by atoms with van der Waals surface area (Å²) in [5, 5.41) is -0.0105. The second-order valence-electron chi connectivity index (χ2n) is 2.09. The molecule has 0 aliphatic carbocycles. The molecule has 0 amide bonds. The Bertz CT molecular complexity index is 259. The van der Waals surface area contributed by atoms with Crippen LogP contribution < -0.4 is 0 Å². The van der Waals surface area contributed by atoms with Crippen molar-refractivity contribution in [1.82, 2.24) is 0 Å². The normalized spacial score (nSPS) is 12.5. The lowest BCUT2D eigenvalue weighted by atomic mass is 10.3. The Balaban J connectivity index is 4.32. The third-order valence-electron chi connectivity index (χ3n) is 1.09. The largest absolute Gasteiger partial charge is 0.463 e. The van der Waals surface area contributed by atoms with Gasteiger partial charge in [-0.15, -0.1) is 0 Å².